The number of para-hydroxylation sites is 1. The highest BCUT2D eigenvalue weighted by Gasteiger charge is 1.95. The summed E-state index contributed by atoms with van der Waals surface area (Å²) >= 11 is 0. The van der Waals surface area contributed by atoms with E-state index in [1.54, 1.807) is 24.3 Å². The van der Waals surface area contributed by atoms with Gasteiger partial charge in [-0.15, -0.1) is 0 Å². The van der Waals surface area contributed by atoms with Crippen LogP contribution in [0.4, 0.5) is 0 Å². The second-order valence-corrected chi connectivity index (χ2v) is 2.82. The molecular weight excluding hydrogens is 164 g/mol. The SMILES string of the molecule is NCC(N)C=Cc1ccccc1O. The summed E-state index contributed by atoms with van der Waals surface area (Å²) in [7, 11) is 0. The Morgan fingerprint density at radius 3 is 2.69 bits per heavy atom. The second kappa shape index (κ2) is 4.64. The maximum absolute atomic E-state index is 9.37. The summed E-state index contributed by atoms with van der Waals surface area (Å²) in [5, 5.41) is 9.37. The fourth-order valence-electron chi connectivity index (χ4n) is 0.934. The number of benzene rings is 1. The molecule has 1 unspecified atom stereocenters. The van der Waals surface area contributed by atoms with Crippen molar-refractivity contribution in [3.8, 4) is 5.75 Å². The minimum atomic E-state index is -0.153. The number of nitrogens with two attached hydrogens (primary N) is 2. The number of phenols is 1. The van der Waals surface area contributed by atoms with Crippen LogP contribution in [0, 0.1) is 0 Å². The predicted octanol–water partition coefficient (Wildman–Crippen LogP) is 0.691. The van der Waals surface area contributed by atoms with Gasteiger partial charge in [-0.25, -0.2) is 0 Å². The molecule has 1 rings (SSSR count). The quantitative estimate of drug-likeness (QED) is 0.637. The number of hydrogen-bond acceptors (Lipinski definition) is 3. The van der Waals surface area contributed by atoms with Crippen LogP contribution in [-0.2, 0) is 0 Å². The molecule has 1 aromatic rings. The van der Waals surface area contributed by atoms with Crippen molar-refractivity contribution in [2.75, 3.05) is 6.54 Å². The molecule has 3 heteroatoms. The maximum Gasteiger partial charge on any atom is 0.122 e. The van der Waals surface area contributed by atoms with Gasteiger partial charge in [-0.1, -0.05) is 30.4 Å². The molecule has 0 fully saturated rings. The molecule has 1 atom stereocenters. The molecule has 0 aromatic heterocycles. The molecule has 5 N–H and O–H groups in total. The van der Waals surface area contributed by atoms with Gasteiger partial charge in [0.15, 0.2) is 0 Å². The van der Waals surface area contributed by atoms with Gasteiger partial charge >= 0.3 is 0 Å². The van der Waals surface area contributed by atoms with E-state index in [2.05, 4.69) is 0 Å². The predicted molar refractivity (Wildman–Crippen MR) is 54.2 cm³/mol. The molecular formula is C10H14N2O. The summed E-state index contributed by atoms with van der Waals surface area (Å²) in [6, 6.07) is 6.92. The van der Waals surface area contributed by atoms with E-state index >= 15 is 0 Å². The first-order chi connectivity index (χ1) is 6.24. The molecule has 13 heavy (non-hydrogen) atoms. The Labute approximate surface area is 77.7 Å². The smallest absolute Gasteiger partial charge is 0.122 e. The zero-order valence-corrected chi connectivity index (χ0v) is 7.35. The van der Waals surface area contributed by atoms with Gasteiger partial charge in [0, 0.05) is 18.2 Å². The van der Waals surface area contributed by atoms with E-state index in [9.17, 15) is 5.11 Å². The average Bonchev–Trinajstić information content (AvgIpc) is 2.16. The van der Waals surface area contributed by atoms with Crippen molar-refractivity contribution in [3.63, 3.8) is 0 Å². The van der Waals surface area contributed by atoms with Gasteiger partial charge in [0.1, 0.15) is 5.75 Å². The average molecular weight is 178 g/mol. The first kappa shape index (κ1) is 9.77. The van der Waals surface area contributed by atoms with Crippen molar-refractivity contribution < 1.29 is 5.11 Å². The zero-order chi connectivity index (χ0) is 9.68. The lowest BCUT2D eigenvalue weighted by Gasteiger charge is -2.01. The zero-order valence-electron chi connectivity index (χ0n) is 7.35. The Balaban J connectivity index is 2.74. The van der Waals surface area contributed by atoms with E-state index in [-0.39, 0.29) is 11.8 Å². The highest BCUT2D eigenvalue weighted by Crippen LogP contribution is 2.16. The number of rotatable bonds is 3. The largest absolute Gasteiger partial charge is 0.507 e. The third kappa shape index (κ3) is 2.89. The fourth-order valence-corrected chi connectivity index (χ4v) is 0.934. The molecule has 0 amide bonds. The molecule has 0 aliphatic carbocycles. The molecule has 1 aromatic carbocycles. The second-order valence-electron chi connectivity index (χ2n) is 2.82. The molecule has 0 bridgehead atoms. The van der Waals surface area contributed by atoms with Gasteiger partial charge in [0.2, 0.25) is 0 Å². The number of phenolic OH excluding ortho intramolecular Hbond substituents is 1. The van der Waals surface area contributed by atoms with E-state index in [0.29, 0.717) is 6.54 Å². The van der Waals surface area contributed by atoms with E-state index in [1.807, 2.05) is 12.1 Å². The van der Waals surface area contributed by atoms with Crippen LogP contribution in [0.25, 0.3) is 6.08 Å². The topological polar surface area (TPSA) is 72.3 Å². The standard InChI is InChI=1S/C10H14N2O/c11-7-9(12)6-5-8-3-1-2-4-10(8)13/h1-6,9,13H,7,11-12H2. The molecule has 70 valence electrons. The number of aromatic hydroxyl groups is 1. The molecule has 0 spiro atoms. The summed E-state index contributed by atoms with van der Waals surface area (Å²) in [5.74, 6) is 0.253. The summed E-state index contributed by atoms with van der Waals surface area (Å²) < 4.78 is 0. The Morgan fingerprint density at radius 2 is 2.08 bits per heavy atom. The minimum Gasteiger partial charge on any atom is -0.507 e. The lowest BCUT2D eigenvalue weighted by atomic mass is 10.1. The molecule has 0 aliphatic rings. The van der Waals surface area contributed by atoms with Crippen LogP contribution in [-0.4, -0.2) is 17.7 Å². The summed E-state index contributed by atoms with van der Waals surface area (Å²) in [4.78, 5) is 0. The van der Waals surface area contributed by atoms with Crippen molar-refractivity contribution >= 4 is 6.08 Å². The molecule has 3 nitrogen and oxygen atoms in total. The van der Waals surface area contributed by atoms with Crippen LogP contribution >= 0.6 is 0 Å². The minimum absolute atomic E-state index is 0.153. The van der Waals surface area contributed by atoms with Crippen LogP contribution in [0.5, 0.6) is 5.75 Å². The molecule has 0 aliphatic heterocycles. The molecule has 0 radical (unpaired) electrons. The van der Waals surface area contributed by atoms with Gasteiger partial charge in [-0.2, -0.15) is 0 Å². The summed E-state index contributed by atoms with van der Waals surface area (Å²) in [6.07, 6.45) is 3.54. The Bertz CT molecular complexity index is 297. The highest BCUT2D eigenvalue weighted by molar-refractivity contribution is 5.56. The van der Waals surface area contributed by atoms with Gasteiger partial charge in [0.05, 0.1) is 0 Å². The highest BCUT2D eigenvalue weighted by atomic mass is 16.3. The monoisotopic (exact) mass is 178 g/mol. The fraction of sp³-hybridized carbons (Fsp3) is 0.200. The third-order valence-corrected chi connectivity index (χ3v) is 1.73. The third-order valence-electron chi connectivity index (χ3n) is 1.73. The Kier molecular flexibility index (Phi) is 3.49. The maximum atomic E-state index is 9.37. The van der Waals surface area contributed by atoms with Crippen LogP contribution in [0.3, 0.4) is 0 Å². The van der Waals surface area contributed by atoms with Crippen molar-refractivity contribution in [1.82, 2.24) is 0 Å². The number of hydrogen-bond donors (Lipinski definition) is 3. The van der Waals surface area contributed by atoms with Crippen molar-refractivity contribution in [2.45, 2.75) is 6.04 Å². The Morgan fingerprint density at radius 1 is 1.38 bits per heavy atom. The van der Waals surface area contributed by atoms with Gasteiger partial charge in [-0.3, -0.25) is 0 Å². The van der Waals surface area contributed by atoms with Gasteiger partial charge in [-0.05, 0) is 6.07 Å². The Hall–Kier alpha value is -1.32. The summed E-state index contributed by atoms with van der Waals surface area (Å²) in [6.45, 7) is 0.407. The van der Waals surface area contributed by atoms with E-state index in [4.69, 9.17) is 11.5 Å². The van der Waals surface area contributed by atoms with Crippen LogP contribution in [0.2, 0.25) is 0 Å². The van der Waals surface area contributed by atoms with E-state index in [1.165, 1.54) is 0 Å². The summed E-state index contributed by atoms with van der Waals surface area (Å²) in [5.41, 5.74) is 11.7. The van der Waals surface area contributed by atoms with Crippen LogP contribution in [0.1, 0.15) is 5.56 Å². The first-order valence-electron chi connectivity index (χ1n) is 4.16. The normalized spacial score (nSPS) is 13.4. The molecule has 0 heterocycles. The van der Waals surface area contributed by atoms with Gasteiger partial charge in [0.25, 0.3) is 0 Å². The lowest BCUT2D eigenvalue weighted by Crippen LogP contribution is -2.26. The lowest BCUT2D eigenvalue weighted by molar-refractivity contribution is 0.474. The molecule has 0 saturated heterocycles. The van der Waals surface area contributed by atoms with Crippen molar-refractivity contribution in [2.24, 2.45) is 11.5 Å². The first-order valence-corrected chi connectivity index (χ1v) is 4.16. The van der Waals surface area contributed by atoms with Crippen LogP contribution in [0.15, 0.2) is 30.3 Å². The molecule has 0 saturated carbocycles. The van der Waals surface area contributed by atoms with E-state index < -0.39 is 0 Å². The van der Waals surface area contributed by atoms with E-state index in [0.717, 1.165) is 5.56 Å². The van der Waals surface area contributed by atoms with Crippen LogP contribution < -0.4 is 11.5 Å². The van der Waals surface area contributed by atoms with Gasteiger partial charge < -0.3 is 16.6 Å². The van der Waals surface area contributed by atoms with Crippen molar-refractivity contribution in [3.05, 3.63) is 35.9 Å². The van der Waals surface area contributed by atoms with Crippen molar-refractivity contribution in [1.29, 1.82) is 0 Å².